The fourth-order valence-electron chi connectivity index (χ4n) is 2.60. The Bertz CT molecular complexity index is 929. The summed E-state index contributed by atoms with van der Waals surface area (Å²) in [5.41, 5.74) is 3.84. The molecule has 1 aliphatic rings. The van der Waals surface area contributed by atoms with Gasteiger partial charge in [-0.1, -0.05) is 30.2 Å². The zero-order valence-corrected chi connectivity index (χ0v) is 14.8. The van der Waals surface area contributed by atoms with Crippen molar-refractivity contribution < 1.29 is 19.1 Å². The van der Waals surface area contributed by atoms with Gasteiger partial charge in [-0.05, 0) is 42.8 Å². The zero-order valence-electron chi connectivity index (χ0n) is 14.8. The maximum absolute atomic E-state index is 12.6. The summed E-state index contributed by atoms with van der Waals surface area (Å²) in [6.45, 7) is 2.41. The Kier molecular flexibility index (Phi) is 5.43. The summed E-state index contributed by atoms with van der Waals surface area (Å²) in [4.78, 5) is 24.9. The molecule has 0 saturated carbocycles. The van der Waals surface area contributed by atoms with Crippen LogP contribution in [0, 0.1) is 12.3 Å². The van der Waals surface area contributed by atoms with E-state index in [1.807, 2.05) is 13.0 Å². The lowest BCUT2D eigenvalue weighted by Crippen LogP contribution is -2.35. The number of hydrogen-bond acceptors (Lipinski definition) is 4. The van der Waals surface area contributed by atoms with Crippen LogP contribution in [0.2, 0.25) is 0 Å². The number of hydrogen-bond donors (Lipinski definition) is 1. The summed E-state index contributed by atoms with van der Waals surface area (Å²) in [5, 5.41) is 1.22. The summed E-state index contributed by atoms with van der Waals surface area (Å²) in [6.07, 6.45) is 6.74. The van der Waals surface area contributed by atoms with Crippen molar-refractivity contribution in [1.82, 2.24) is 5.43 Å². The predicted molar refractivity (Wildman–Crippen MR) is 102 cm³/mol. The number of carbonyl (C=O) groups is 2. The molecule has 2 amide bonds. The maximum atomic E-state index is 12.6. The third-order valence-electron chi connectivity index (χ3n) is 3.80. The third kappa shape index (κ3) is 3.93. The molecule has 1 heterocycles. The number of anilines is 1. The Balaban J connectivity index is 1.89. The number of nitrogens with zero attached hydrogens (tertiary/aromatic N) is 1. The standard InChI is InChI=1S/C21H18N2O4/c1-3-12-27-18-11-10-15(14-19(18)26-4-2)13-17-20(24)22-23(21(17)25)16-8-6-5-7-9-16/h1,5-11,13-14H,4,12H2,2H3,(H,22,24). The quantitative estimate of drug-likeness (QED) is 0.487. The molecule has 3 rings (SSSR count). The molecule has 1 N–H and O–H groups in total. The molecule has 6 nitrogen and oxygen atoms in total. The lowest BCUT2D eigenvalue weighted by atomic mass is 10.1. The molecule has 1 saturated heterocycles. The van der Waals surface area contributed by atoms with E-state index in [9.17, 15) is 9.59 Å². The number of amides is 2. The van der Waals surface area contributed by atoms with E-state index in [1.165, 1.54) is 11.1 Å². The summed E-state index contributed by atoms with van der Waals surface area (Å²) in [5.74, 6) is 2.51. The molecule has 1 fully saturated rings. The fourth-order valence-corrected chi connectivity index (χ4v) is 2.60. The number of rotatable bonds is 6. The first-order valence-electron chi connectivity index (χ1n) is 8.39. The van der Waals surface area contributed by atoms with Crippen LogP contribution in [0.25, 0.3) is 6.08 Å². The molecular weight excluding hydrogens is 344 g/mol. The van der Waals surface area contributed by atoms with Crippen LogP contribution in [0.5, 0.6) is 11.5 Å². The molecule has 2 aromatic carbocycles. The Morgan fingerprint density at radius 1 is 1.11 bits per heavy atom. The molecule has 0 radical (unpaired) electrons. The molecule has 0 bridgehead atoms. The zero-order chi connectivity index (χ0) is 19.2. The number of hydrazine groups is 1. The van der Waals surface area contributed by atoms with Crippen LogP contribution in [-0.2, 0) is 9.59 Å². The van der Waals surface area contributed by atoms with Gasteiger partial charge in [0, 0.05) is 0 Å². The van der Waals surface area contributed by atoms with Gasteiger partial charge in [0.05, 0.1) is 12.3 Å². The summed E-state index contributed by atoms with van der Waals surface area (Å²) in [6, 6.07) is 14.0. The monoisotopic (exact) mass is 362 g/mol. The normalized spacial score (nSPS) is 14.8. The van der Waals surface area contributed by atoms with E-state index < -0.39 is 11.8 Å². The molecule has 27 heavy (non-hydrogen) atoms. The summed E-state index contributed by atoms with van der Waals surface area (Å²) in [7, 11) is 0. The van der Waals surface area contributed by atoms with E-state index >= 15 is 0 Å². The van der Waals surface area contributed by atoms with Crippen molar-refractivity contribution in [3.63, 3.8) is 0 Å². The third-order valence-corrected chi connectivity index (χ3v) is 3.80. The van der Waals surface area contributed by atoms with E-state index in [4.69, 9.17) is 15.9 Å². The molecule has 0 unspecified atom stereocenters. The van der Waals surface area contributed by atoms with E-state index in [2.05, 4.69) is 11.3 Å². The fraction of sp³-hybridized carbons (Fsp3) is 0.143. The molecule has 0 aliphatic carbocycles. The predicted octanol–water partition coefficient (Wildman–Crippen LogP) is 2.56. The Labute approximate surface area is 157 Å². The van der Waals surface area contributed by atoms with Gasteiger partial charge in [0.2, 0.25) is 0 Å². The lowest BCUT2D eigenvalue weighted by molar-refractivity contribution is -0.117. The van der Waals surface area contributed by atoms with Crippen LogP contribution < -0.4 is 19.9 Å². The van der Waals surface area contributed by atoms with Crippen LogP contribution in [0.1, 0.15) is 12.5 Å². The van der Waals surface area contributed by atoms with Gasteiger partial charge in [-0.3, -0.25) is 15.0 Å². The lowest BCUT2D eigenvalue weighted by Gasteiger charge is -2.14. The molecule has 6 heteroatoms. The van der Waals surface area contributed by atoms with E-state index in [-0.39, 0.29) is 12.2 Å². The van der Waals surface area contributed by atoms with Gasteiger partial charge in [0.1, 0.15) is 12.2 Å². The number of nitrogens with one attached hydrogen (secondary N) is 1. The van der Waals surface area contributed by atoms with Crippen LogP contribution in [0.4, 0.5) is 5.69 Å². The van der Waals surface area contributed by atoms with Gasteiger partial charge in [-0.15, -0.1) is 6.42 Å². The average Bonchev–Trinajstić information content (AvgIpc) is 2.96. The highest BCUT2D eigenvalue weighted by atomic mass is 16.5. The second kappa shape index (κ2) is 8.11. The second-order valence-electron chi connectivity index (χ2n) is 5.61. The van der Waals surface area contributed by atoms with Crippen LogP contribution in [0.3, 0.4) is 0 Å². The smallest absolute Gasteiger partial charge is 0.282 e. The molecular formula is C21H18N2O4. The molecule has 0 aromatic heterocycles. The topological polar surface area (TPSA) is 67.9 Å². The van der Waals surface area contributed by atoms with Crippen molar-refractivity contribution in [3.05, 3.63) is 59.7 Å². The molecule has 136 valence electrons. The Morgan fingerprint density at radius 2 is 1.89 bits per heavy atom. The maximum Gasteiger partial charge on any atom is 0.282 e. The van der Waals surface area contributed by atoms with Crippen molar-refractivity contribution in [2.45, 2.75) is 6.92 Å². The van der Waals surface area contributed by atoms with Crippen molar-refractivity contribution in [1.29, 1.82) is 0 Å². The van der Waals surface area contributed by atoms with Crippen molar-refractivity contribution in [2.24, 2.45) is 0 Å². The molecule has 0 spiro atoms. The molecule has 2 aromatic rings. The summed E-state index contributed by atoms with van der Waals surface area (Å²) >= 11 is 0. The highest BCUT2D eigenvalue weighted by molar-refractivity contribution is 6.31. The Morgan fingerprint density at radius 3 is 2.59 bits per heavy atom. The van der Waals surface area contributed by atoms with Crippen LogP contribution in [0.15, 0.2) is 54.1 Å². The number of benzene rings is 2. The number of ether oxygens (including phenoxy) is 2. The van der Waals surface area contributed by atoms with E-state index in [0.717, 1.165) is 0 Å². The molecule has 1 aliphatic heterocycles. The van der Waals surface area contributed by atoms with Crippen molar-refractivity contribution in [3.8, 4) is 23.8 Å². The SMILES string of the molecule is C#CCOc1ccc(C=C2C(=O)NN(c3ccccc3)C2=O)cc1OCC. The highest BCUT2D eigenvalue weighted by Gasteiger charge is 2.34. The van der Waals surface area contributed by atoms with Gasteiger partial charge in [0.15, 0.2) is 11.5 Å². The first-order valence-corrected chi connectivity index (χ1v) is 8.39. The second-order valence-corrected chi connectivity index (χ2v) is 5.61. The number of para-hydroxylation sites is 1. The summed E-state index contributed by atoms with van der Waals surface area (Å²) < 4.78 is 11.0. The van der Waals surface area contributed by atoms with Gasteiger partial charge in [-0.2, -0.15) is 0 Å². The van der Waals surface area contributed by atoms with Crippen LogP contribution >= 0.6 is 0 Å². The van der Waals surface area contributed by atoms with Crippen molar-refractivity contribution in [2.75, 3.05) is 18.2 Å². The van der Waals surface area contributed by atoms with Crippen molar-refractivity contribution >= 4 is 23.6 Å². The largest absolute Gasteiger partial charge is 0.490 e. The number of terminal acetylenes is 1. The minimum absolute atomic E-state index is 0.0404. The highest BCUT2D eigenvalue weighted by Crippen LogP contribution is 2.30. The molecule has 0 atom stereocenters. The van der Waals surface area contributed by atoms with E-state index in [1.54, 1.807) is 42.5 Å². The first kappa shape index (κ1) is 18.1. The minimum atomic E-state index is -0.463. The van der Waals surface area contributed by atoms with Crippen LogP contribution in [-0.4, -0.2) is 25.0 Å². The van der Waals surface area contributed by atoms with Gasteiger partial charge >= 0.3 is 0 Å². The average molecular weight is 362 g/mol. The first-order chi connectivity index (χ1) is 13.1. The van der Waals surface area contributed by atoms with Gasteiger partial charge in [0.25, 0.3) is 11.8 Å². The number of carbonyl (C=O) groups excluding carboxylic acids is 2. The Hall–Kier alpha value is -3.72. The van der Waals surface area contributed by atoms with E-state index in [0.29, 0.717) is 29.4 Å². The van der Waals surface area contributed by atoms with Gasteiger partial charge in [-0.25, -0.2) is 5.01 Å². The van der Waals surface area contributed by atoms with Gasteiger partial charge < -0.3 is 9.47 Å². The minimum Gasteiger partial charge on any atom is -0.490 e.